The molecule has 0 aromatic carbocycles. The summed E-state index contributed by atoms with van der Waals surface area (Å²) < 4.78 is 12.2. The first-order chi connectivity index (χ1) is 12.0. The molecule has 0 bridgehead atoms. The SMILES string of the molecule is CC(C)[Si](C)(C)O[SiH2]C1=[C-]CC=C1.CC(C)[Si](C)(C)O[SiH2]C1=[C-]CC=C1.[Cl-].[Cl-].[Zr+4]. The van der Waals surface area contributed by atoms with Crippen LogP contribution < -0.4 is 24.8 Å². The molecule has 2 nitrogen and oxygen atoms in total. The van der Waals surface area contributed by atoms with E-state index in [2.05, 4.69) is 90.3 Å². The van der Waals surface area contributed by atoms with E-state index in [1.165, 1.54) is 10.4 Å². The molecule has 0 N–H and O–H groups in total. The molecule has 0 spiro atoms. The predicted molar refractivity (Wildman–Crippen MR) is 125 cm³/mol. The average molecular weight is 585 g/mol. The number of rotatable bonds is 8. The van der Waals surface area contributed by atoms with E-state index in [1.807, 2.05) is 0 Å². The minimum Gasteiger partial charge on any atom is -1.00 e. The van der Waals surface area contributed by atoms with Gasteiger partial charge in [-0.05, 0) is 37.3 Å². The Morgan fingerprint density at radius 2 is 1.07 bits per heavy atom. The van der Waals surface area contributed by atoms with Gasteiger partial charge in [0.15, 0.2) is 16.6 Å². The second-order valence-electron chi connectivity index (χ2n) is 8.71. The Morgan fingerprint density at radius 1 is 0.759 bits per heavy atom. The zero-order chi connectivity index (χ0) is 19.8. The average Bonchev–Trinajstić information content (AvgIpc) is 3.25. The molecule has 0 aliphatic heterocycles. The Labute approximate surface area is 218 Å². The normalized spacial score (nSPS) is 15.9. The van der Waals surface area contributed by atoms with Crippen molar-refractivity contribution in [3.63, 3.8) is 0 Å². The van der Waals surface area contributed by atoms with Crippen LogP contribution in [-0.4, -0.2) is 36.2 Å². The van der Waals surface area contributed by atoms with Crippen molar-refractivity contribution in [2.75, 3.05) is 0 Å². The summed E-state index contributed by atoms with van der Waals surface area (Å²) >= 11 is 0. The van der Waals surface area contributed by atoms with Crippen LogP contribution in [0.2, 0.25) is 37.3 Å². The molecule has 2 rings (SSSR count). The molecule has 0 radical (unpaired) electrons. The molecular weight excluding hydrogens is 547 g/mol. The van der Waals surface area contributed by atoms with Gasteiger partial charge in [-0.3, -0.25) is 12.2 Å². The second-order valence-corrected chi connectivity index (χ2v) is 21.8. The summed E-state index contributed by atoms with van der Waals surface area (Å²) in [6, 6.07) is 0. The first-order valence-electron chi connectivity index (χ1n) is 9.85. The molecule has 0 saturated heterocycles. The van der Waals surface area contributed by atoms with Gasteiger partial charge in [-0.25, -0.2) is 22.5 Å². The topological polar surface area (TPSA) is 18.5 Å². The zero-order valence-corrected chi connectivity index (χ0v) is 28.2. The van der Waals surface area contributed by atoms with Crippen molar-refractivity contribution in [2.24, 2.45) is 0 Å². The Kier molecular flexibility index (Phi) is 20.2. The van der Waals surface area contributed by atoms with Crippen molar-refractivity contribution in [3.8, 4) is 0 Å². The molecule has 0 aromatic rings. The van der Waals surface area contributed by atoms with Gasteiger partial charge in [0.1, 0.15) is 19.5 Å². The maximum absolute atomic E-state index is 6.10. The van der Waals surface area contributed by atoms with Crippen LogP contribution in [0.15, 0.2) is 34.7 Å². The van der Waals surface area contributed by atoms with E-state index < -0.39 is 36.2 Å². The number of hydrogen-bond acceptors (Lipinski definition) is 2. The van der Waals surface area contributed by atoms with E-state index in [0.717, 1.165) is 12.8 Å². The van der Waals surface area contributed by atoms with E-state index in [0.29, 0.717) is 11.1 Å². The summed E-state index contributed by atoms with van der Waals surface area (Å²) in [4.78, 5) is 0. The van der Waals surface area contributed by atoms with E-state index >= 15 is 0 Å². The van der Waals surface area contributed by atoms with Gasteiger partial charge in [0.25, 0.3) is 0 Å². The molecule has 0 amide bonds. The van der Waals surface area contributed by atoms with Crippen molar-refractivity contribution >= 4 is 36.2 Å². The fourth-order valence-corrected chi connectivity index (χ4v) is 9.86. The number of allylic oxidation sites excluding steroid dienone is 8. The third kappa shape index (κ3) is 14.1. The molecule has 29 heavy (non-hydrogen) atoms. The van der Waals surface area contributed by atoms with Crippen molar-refractivity contribution in [1.82, 2.24) is 0 Å². The largest absolute Gasteiger partial charge is 4.00 e. The minimum atomic E-state index is -1.38. The second kappa shape index (κ2) is 16.8. The van der Waals surface area contributed by atoms with Gasteiger partial charge in [-0.1, -0.05) is 27.7 Å². The molecular formula is C20H38Cl2O2Si4Zr. The van der Waals surface area contributed by atoms with E-state index in [4.69, 9.17) is 8.23 Å². The monoisotopic (exact) mass is 582 g/mol. The quantitative estimate of drug-likeness (QED) is 0.261. The zero-order valence-electron chi connectivity index (χ0n) is 19.4. The smallest absolute Gasteiger partial charge is 1.00 e. The number of hydrogen-bond donors (Lipinski definition) is 0. The summed E-state index contributed by atoms with van der Waals surface area (Å²) in [7, 11) is -3.72. The van der Waals surface area contributed by atoms with Crippen LogP contribution >= 0.6 is 0 Å². The number of halogens is 2. The van der Waals surface area contributed by atoms with Crippen LogP contribution in [0.25, 0.3) is 0 Å². The molecule has 0 aromatic heterocycles. The molecule has 0 unspecified atom stereocenters. The Morgan fingerprint density at radius 3 is 1.28 bits per heavy atom. The van der Waals surface area contributed by atoms with E-state index in [-0.39, 0.29) is 51.0 Å². The van der Waals surface area contributed by atoms with Crippen LogP contribution in [0, 0.1) is 12.2 Å². The summed E-state index contributed by atoms with van der Waals surface area (Å²) in [5.74, 6) is 0. The molecule has 164 valence electrons. The minimum absolute atomic E-state index is 0. The van der Waals surface area contributed by atoms with Crippen LogP contribution in [0.5, 0.6) is 0 Å². The van der Waals surface area contributed by atoms with Crippen molar-refractivity contribution in [3.05, 3.63) is 46.8 Å². The van der Waals surface area contributed by atoms with Gasteiger partial charge in [0.2, 0.25) is 0 Å². The van der Waals surface area contributed by atoms with Crippen molar-refractivity contribution in [2.45, 2.75) is 77.8 Å². The van der Waals surface area contributed by atoms with Gasteiger partial charge >= 0.3 is 26.2 Å². The predicted octanol–water partition coefficient (Wildman–Crippen LogP) is -1.30. The Hall–Kier alpha value is 1.21. The van der Waals surface area contributed by atoms with Crippen molar-refractivity contribution < 1.29 is 59.2 Å². The summed E-state index contributed by atoms with van der Waals surface area (Å²) in [6.07, 6.45) is 17.3. The molecule has 0 fully saturated rings. The fourth-order valence-electron chi connectivity index (χ4n) is 1.96. The molecule has 0 atom stereocenters. The van der Waals surface area contributed by atoms with E-state index in [9.17, 15) is 0 Å². The standard InChI is InChI=1S/2C10H19OSi2.2ClH.Zr/c2*1-9(2)13(3,4)11-12-10-7-5-6-8-10;;;/h2*5,7,9H,6,12H2,1-4H3;2*1H;/q2*-1;;;+4/p-2. The third-order valence-corrected chi connectivity index (χ3v) is 19.8. The maximum Gasteiger partial charge on any atom is 4.00 e. The molecule has 2 aliphatic rings. The molecule has 0 heterocycles. The van der Waals surface area contributed by atoms with Gasteiger partial charge in [-0.15, -0.1) is 12.8 Å². The van der Waals surface area contributed by atoms with Gasteiger partial charge < -0.3 is 33.0 Å². The van der Waals surface area contributed by atoms with Crippen molar-refractivity contribution in [1.29, 1.82) is 0 Å². The Bertz CT molecular complexity index is 525. The van der Waals surface area contributed by atoms with Gasteiger partial charge in [-0.2, -0.15) is 12.2 Å². The molecule has 0 saturated carbocycles. The van der Waals surface area contributed by atoms with Crippen LogP contribution in [0.3, 0.4) is 0 Å². The summed E-state index contributed by atoms with van der Waals surface area (Å²) in [5.41, 5.74) is 1.43. The van der Waals surface area contributed by atoms with Gasteiger partial charge in [0, 0.05) is 0 Å². The van der Waals surface area contributed by atoms with Crippen LogP contribution in [0.1, 0.15) is 40.5 Å². The first-order valence-corrected chi connectivity index (χ1v) is 18.4. The Balaban J connectivity index is -0.000000422. The summed E-state index contributed by atoms with van der Waals surface area (Å²) in [6.45, 7) is 18.3. The molecule has 9 heteroatoms. The first kappa shape index (κ1) is 34.8. The molecule has 2 aliphatic carbocycles. The summed E-state index contributed by atoms with van der Waals surface area (Å²) in [5, 5.41) is 2.72. The van der Waals surface area contributed by atoms with Gasteiger partial charge in [0.05, 0.1) is 0 Å². The van der Waals surface area contributed by atoms with Crippen LogP contribution in [-0.2, 0) is 34.4 Å². The third-order valence-electron chi connectivity index (χ3n) is 5.51. The fraction of sp³-hybridized carbons (Fsp3) is 0.600. The maximum atomic E-state index is 6.10. The van der Waals surface area contributed by atoms with Crippen LogP contribution in [0.4, 0.5) is 0 Å². The van der Waals surface area contributed by atoms with E-state index in [1.54, 1.807) is 0 Å².